The summed E-state index contributed by atoms with van der Waals surface area (Å²) in [4.78, 5) is 69.3. The molecule has 2 aromatic heterocycles. The number of nitrogens with two attached hydrogens (primary N) is 2. The molecule has 1 aromatic carbocycles. The van der Waals surface area contributed by atoms with Gasteiger partial charge in [-0.15, -0.1) is 0 Å². The summed E-state index contributed by atoms with van der Waals surface area (Å²) >= 11 is 0. The van der Waals surface area contributed by atoms with E-state index in [1.807, 2.05) is 12.1 Å². The molecule has 1 aliphatic rings. The standard InChI is InChI=1S/C50H82N10O6/c1-3-5-7-8-9-10-11-12-13-14-15-16-17-18-19-23-43(61)55-42(22-20-21-31-53-44(62)38-66-52)48(63)54-32-28-39-29-33-59(34-30-39)36-40-24-26-41(27-25-40)37-60-47-45(56-50(60)64)46(51)57-49(58-47)65-35-6-4-2/h12-13,24-27,39,42H,3-11,14-23,28-38,52H2,1-2H3,(H,53,62)(H,54,63)(H,55,61)(H,56,64)(H2,51,57,58)/b13-12-/t42-/m0/s1. The van der Waals surface area contributed by atoms with Crippen LogP contribution in [0.1, 0.15) is 166 Å². The summed E-state index contributed by atoms with van der Waals surface area (Å²) < 4.78 is 7.24. The van der Waals surface area contributed by atoms with Gasteiger partial charge in [-0.25, -0.2) is 10.7 Å². The lowest BCUT2D eigenvalue weighted by Gasteiger charge is -2.32. The molecule has 0 unspecified atom stereocenters. The number of aromatic amines is 1. The fourth-order valence-corrected chi connectivity index (χ4v) is 8.42. The molecule has 3 amide bonds. The molecule has 0 saturated carbocycles. The maximum atomic E-state index is 13.4. The molecule has 1 fully saturated rings. The van der Waals surface area contributed by atoms with Gasteiger partial charge in [-0.1, -0.05) is 108 Å². The average molecular weight is 919 g/mol. The van der Waals surface area contributed by atoms with Crippen LogP contribution in [0.5, 0.6) is 6.01 Å². The Morgan fingerprint density at radius 3 is 2.14 bits per heavy atom. The quantitative estimate of drug-likeness (QED) is 0.0194. The number of nitrogens with zero attached hydrogens (tertiary/aromatic N) is 4. The monoisotopic (exact) mass is 919 g/mol. The van der Waals surface area contributed by atoms with E-state index in [9.17, 15) is 19.2 Å². The van der Waals surface area contributed by atoms with Crippen molar-refractivity contribution in [1.29, 1.82) is 0 Å². The summed E-state index contributed by atoms with van der Waals surface area (Å²) in [6.07, 6.45) is 27.3. The molecule has 0 radical (unpaired) electrons. The summed E-state index contributed by atoms with van der Waals surface area (Å²) in [5.74, 6) is 5.15. The number of benzene rings is 1. The largest absolute Gasteiger partial charge is 0.463 e. The van der Waals surface area contributed by atoms with Crippen molar-refractivity contribution in [2.45, 2.75) is 174 Å². The van der Waals surface area contributed by atoms with Gasteiger partial charge in [0.05, 0.1) is 13.2 Å². The van der Waals surface area contributed by atoms with Crippen molar-refractivity contribution in [3.8, 4) is 6.01 Å². The molecule has 4 rings (SSSR count). The second-order valence-electron chi connectivity index (χ2n) is 18.0. The summed E-state index contributed by atoms with van der Waals surface area (Å²) in [5.41, 5.74) is 8.82. The molecule has 0 aliphatic carbocycles. The highest BCUT2D eigenvalue weighted by atomic mass is 16.6. The number of imidazole rings is 1. The Bertz CT molecular complexity index is 1920. The molecule has 0 spiro atoms. The number of nitrogens with one attached hydrogen (secondary N) is 4. The lowest BCUT2D eigenvalue weighted by molar-refractivity contribution is -0.129. The number of H-pyrrole nitrogens is 1. The van der Waals surface area contributed by atoms with Crippen molar-refractivity contribution in [3.63, 3.8) is 0 Å². The van der Waals surface area contributed by atoms with Crippen LogP contribution in [0.25, 0.3) is 11.2 Å². The molecule has 1 aliphatic heterocycles. The predicted octanol–water partition coefficient (Wildman–Crippen LogP) is 7.35. The van der Waals surface area contributed by atoms with E-state index in [2.05, 4.69) is 78.8 Å². The predicted molar refractivity (Wildman–Crippen MR) is 263 cm³/mol. The number of allylic oxidation sites excluding steroid dienone is 2. The molecule has 1 saturated heterocycles. The third-order valence-corrected chi connectivity index (χ3v) is 12.5. The Kier molecular flexibility index (Phi) is 26.1. The summed E-state index contributed by atoms with van der Waals surface area (Å²) in [5, 5.41) is 8.89. The van der Waals surface area contributed by atoms with Crippen molar-refractivity contribution in [1.82, 2.24) is 40.4 Å². The number of rotatable bonds is 35. The van der Waals surface area contributed by atoms with Crippen LogP contribution in [0.15, 0.2) is 41.2 Å². The number of likely N-dealkylation sites (tertiary alicyclic amines) is 1. The number of anilines is 1. The number of hydrogen-bond donors (Lipinski definition) is 6. The Hall–Kier alpha value is -4.80. The highest BCUT2D eigenvalue weighted by Gasteiger charge is 2.23. The zero-order valence-corrected chi connectivity index (χ0v) is 40.2. The number of aromatic nitrogens is 4. The zero-order valence-electron chi connectivity index (χ0n) is 40.2. The minimum atomic E-state index is -0.615. The Balaban J connectivity index is 1.14. The first kappa shape index (κ1) is 53.8. The highest BCUT2D eigenvalue weighted by molar-refractivity contribution is 5.87. The highest BCUT2D eigenvalue weighted by Crippen LogP contribution is 2.23. The van der Waals surface area contributed by atoms with E-state index in [0.717, 1.165) is 83.0 Å². The van der Waals surface area contributed by atoms with Crippen molar-refractivity contribution in [3.05, 3.63) is 58.0 Å². The van der Waals surface area contributed by atoms with Crippen LogP contribution in [-0.4, -0.2) is 87.6 Å². The SMILES string of the molecule is CCCCCCCC/C=C\CCCCCCCC(=O)N[C@@H](CCCCNC(=O)CON)C(=O)NCCC1CCN(Cc2ccc(Cn3c(=O)[nH]c4c(N)nc(OCCCC)nc43)cc2)CC1. The number of hydrogen-bond acceptors (Lipinski definition) is 11. The smallest absolute Gasteiger partial charge is 0.328 e. The Labute approximate surface area is 393 Å². The van der Waals surface area contributed by atoms with Gasteiger partial charge in [0.1, 0.15) is 18.2 Å². The molecule has 8 N–H and O–H groups in total. The molecule has 368 valence electrons. The van der Waals surface area contributed by atoms with Gasteiger partial charge in [-0.3, -0.25) is 28.7 Å². The third-order valence-electron chi connectivity index (χ3n) is 12.5. The van der Waals surface area contributed by atoms with E-state index in [1.54, 1.807) is 4.57 Å². The molecule has 3 heterocycles. The van der Waals surface area contributed by atoms with Crippen molar-refractivity contribution >= 4 is 34.7 Å². The average Bonchev–Trinajstić information content (AvgIpc) is 3.62. The number of carbonyl (C=O) groups excluding carboxylic acids is 3. The summed E-state index contributed by atoms with van der Waals surface area (Å²) in [6.45, 7) is 8.73. The topological polar surface area (TPSA) is 225 Å². The molecule has 3 aromatic rings. The van der Waals surface area contributed by atoms with Crippen molar-refractivity contribution < 1.29 is 24.0 Å². The molecule has 16 heteroatoms. The minimum Gasteiger partial charge on any atom is -0.463 e. The number of fused-ring (bicyclic) bond motifs is 1. The third kappa shape index (κ3) is 20.8. The van der Waals surface area contributed by atoms with Crippen LogP contribution >= 0.6 is 0 Å². The number of carbonyl (C=O) groups is 3. The lowest BCUT2D eigenvalue weighted by Crippen LogP contribution is -2.47. The first-order valence-electron chi connectivity index (χ1n) is 25.2. The first-order valence-corrected chi connectivity index (χ1v) is 25.2. The van der Waals surface area contributed by atoms with E-state index in [4.69, 9.17) is 16.4 Å². The van der Waals surface area contributed by atoms with Crippen LogP contribution in [0, 0.1) is 5.92 Å². The van der Waals surface area contributed by atoms with Gasteiger partial charge in [-0.05, 0) is 107 Å². The second kappa shape index (κ2) is 32.0. The van der Waals surface area contributed by atoms with Crippen LogP contribution in [0.4, 0.5) is 5.82 Å². The van der Waals surface area contributed by atoms with Gasteiger partial charge in [0.2, 0.25) is 17.7 Å². The van der Waals surface area contributed by atoms with Gasteiger partial charge in [-0.2, -0.15) is 9.97 Å². The molecule has 0 bridgehead atoms. The van der Waals surface area contributed by atoms with Gasteiger partial charge in [0.25, 0.3) is 0 Å². The van der Waals surface area contributed by atoms with E-state index in [1.165, 1.54) is 63.4 Å². The van der Waals surface area contributed by atoms with E-state index in [-0.39, 0.29) is 41.8 Å². The lowest BCUT2D eigenvalue weighted by atomic mass is 9.93. The van der Waals surface area contributed by atoms with Gasteiger partial charge in [0.15, 0.2) is 11.5 Å². The molecule has 16 nitrogen and oxygen atoms in total. The van der Waals surface area contributed by atoms with Crippen molar-refractivity contribution in [2.75, 3.05) is 45.1 Å². The van der Waals surface area contributed by atoms with Crippen molar-refractivity contribution in [2.24, 2.45) is 11.8 Å². The maximum absolute atomic E-state index is 13.4. The fraction of sp³-hybridized carbons (Fsp3) is 0.680. The summed E-state index contributed by atoms with van der Waals surface area (Å²) in [6, 6.07) is 7.87. The second-order valence-corrected chi connectivity index (χ2v) is 18.0. The fourth-order valence-electron chi connectivity index (χ4n) is 8.42. The molecular formula is C50H82N10O6. The van der Waals surface area contributed by atoms with Gasteiger partial charge < -0.3 is 31.4 Å². The van der Waals surface area contributed by atoms with E-state index < -0.39 is 6.04 Å². The number of amides is 3. The van der Waals surface area contributed by atoms with E-state index in [0.29, 0.717) is 69.0 Å². The first-order chi connectivity index (χ1) is 32.2. The van der Waals surface area contributed by atoms with Gasteiger partial charge in [0, 0.05) is 26.1 Å². The molecular weight excluding hydrogens is 837 g/mol. The zero-order chi connectivity index (χ0) is 47.2. The van der Waals surface area contributed by atoms with Crippen LogP contribution in [0.2, 0.25) is 0 Å². The normalized spacial score (nSPS) is 13.9. The van der Waals surface area contributed by atoms with Crippen LogP contribution in [0.3, 0.4) is 0 Å². The summed E-state index contributed by atoms with van der Waals surface area (Å²) in [7, 11) is 0. The Morgan fingerprint density at radius 2 is 1.45 bits per heavy atom. The van der Waals surface area contributed by atoms with Crippen LogP contribution < -0.4 is 38.0 Å². The number of unbranched alkanes of at least 4 members (excludes halogenated alkanes) is 13. The minimum absolute atomic E-state index is 0.0873. The number of piperidine rings is 1. The maximum Gasteiger partial charge on any atom is 0.328 e. The molecule has 1 atom stereocenters. The number of ether oxygens (including phenoxy) is 1. The van der Waals surface area contributed by atoms with E-state index >= 15 is 0 Å². The number of nitrogen functional groups attached to an aromatic ring is 1. The molecule has 66 heavy (non-hydrogen) atoms. The van der Waals surface area contributed by atoms with Gasteiger partial charge >= 0.3 is 11.7 Å². The Morgan fingerprint density at radius 1 is 0.803 bits per heavy atom. The van der Waals surface area contributed by atoms with Crippen LogP contribution in [-0.2, 0) is 32.3 Å².